The molecule has 1 aromatic heterocycles. The number of nitrogens with zero attached hydrogens (tertiary/aromatic N) is 1. The van der Waals surface area contributed by atoms with Crippen LogP contribution in [0.4, 0.5) is 0 Å². The van der Waals surface area contributed by atoms with Gasteiger partial charge in [-0.2, -0.15) is 0 Å². The number of fused-ring (bicyclic) bond motifs is 3. The Bertz CT molecular complexity index is 676. The summed E-state index contributed by atoms with van der Waals surface area (Å²) in [5, 5.41) is 3.61. The van der Waals surface area contributed by atoms with E-state index in [4.69, 9.17) is 4.74 Å². The molecule has 0 saturated carbocycles. The number of pyridine rings is 1. The molecule has 0 atom stereocenters. The van der Waals surface area contributed by atoms with Crippen LogP contribution in [0.3, 0.4) is 0 Å². The Balaban J connectivity index is 2.45. The van der Waals surface area contributed by atoms with Crippen molar-refractivity contribution in [3.05, 3.63) is 54.2 Å². The van der Waals surface area contributed by atoms with Gasteiger partial charge in [-0.05, 0) is 11.5 Å². The van der Waals surface area contributed by atoms with E-state index in [0.29, 0.717) is 6.61 Å². The van der Waals surface area contributed by atoms with Gasteiger partial charge in [0.1, 0.15) is 0 Å². The number of benzene rings is 2. The number of aromatic nitrogens is 1. The second-order valence-electron chi connectivity index (χ2n) is 4.05. The van der Waals surface area contributed by atoms with Crippen LogP contribution in [0, 0.1) is 0 Å². The van der Waals surface area contributed by atoms with Crippen LogP contribution in [0.25, 0.3) is 21.7 Å². The van der Waals surface area contributed by atoms with Crippen molar-refractivity contribution in [3.8, 4) is 0 Å². The maximum Gasteiger partial charge on any atom is 0.0890 e. The van der Waals surface area contributed by atoms with Crippen LogP contribution >= 0.6 is 0 Å². The third-order valence-electron chi connectivity index (χ3n) is 2.97. The van der Waals surface area contributed by atoms with E-state index in [1.807, 2.05) is 24.3 Å². The lowest BCUT2D eigenvalue weighted by Gasteiger charge is -2.08. The summed E-state index contributed by atoms with van der Waals surface area (Å²) < 4.78 is 5.22. The Kier molecular flexibility index (Phi) is 2.50. The fourth-order valence-electron chi connectivity index (χ4n) is 2.22. The summed E-state index contributed by atoms with van der Waals surface area (Å²) in [6, 6.07) is 16.6. The van der Waals surface area contributed by atoms with E-state index in [-0.39, 0.29) is 0 Å². The molecule has 84 valence electrons. The van der Waals surface area contributed by atoms with E-state index in [1.54, 1.807) is 7.11 Å². The number of para-hydroxylation sites is 1. The molecule has 0 bridgehead atoms. The Morgan fingerprint density at radius 2 is 1.53 bits per heavy atom. The summed E-state index contributed by atoms with van der Waals surface area (Å²) in [4.78, 5) is 4.67. The van der Waals surface area contributed by atoms with Crippen molar-refractivity contribution in [1.82, 2.24) is 4.98 Å². The van der Waals surface area contributed by atoms with Gasteiger partial charge < -0.3 is 4.74 Å². The molecule has 2 nitrogen and oxygen atoms in total. The number of rotatable bonds is 2. The monoisotopic (exact) mass is 223 g/mol. The molecule has 0 aliphatic rings. The summed E-state index contributed by atoms with van der Waals surface area (Å²) >= 11 is 0. The first-order valence-corrected chi connectivity index (χ1v) is 5.65. The summed E-state index contributed by atoms with van der Waals surface area (Å²) in [7, 11) is 1.70. The Morgan fingerprint density at radius 1 is 0.882 bits per heavy atom. The van der Waals surface area contributed by atoms with Crippen molar-refractivity contribution in [3.63, 3.8) is 0 Å². The average molecular weight is 223 g/mol. The molecule has 3 aromatic rings. The minimum atomic E-state index is 0.547. The summed E-state index contributed by atoms with van der Waals surface area (Å²) in [6.45, 7) is 0.547. The first kappa shape index (κ1) is 10.2. The minimum Gasteiger partial charge on any atom is -0.378 e. The first-order chi connectivity index (χ1) is 8.40. The summed E-state index contributed by atoms with van der Waals surface area (Å²) in [6.07, 6.45) is 0. The van der Waals surface area contributed by atoms with Gasteiger partial charge in [-0.15, -0.1) is 0 Å². The summed E-state index contributed by atoms with van der Waals surface area (Å²) in [5.41, 5.74) is 2.03. The zero-order chi connectivity index (χ0) is 11.7. The molecular weight excluding hydrogens is 210 g/mol. The van der Waals surface area contributed by atoms with E-state index in [1.165, 1.54) is 16.2 Å². The van der Waals surface area contributed by atoms with E-state index >= 15 is 0 Å². The second kappa shape index (κ2) is 4.15. The van der Waals surface area contributed by atoms with E-state index in [9.17, 15) is 0 Å². The Morgan fingerprint density at radius 3 is 2.29 bits per heavy atom. The molecule has 0 radical (unpaired) electrons. The molecule has 3 rings (SSSR count). The van der Waals surface area contributed by atoms with Gasteiger partial charge in [-0.1, -0.05) is 42.5 Å². The van der Waals surface area contributed by atoms with Crippen molar-refractivity contribution < 1.29 is 4.74 Å². The fourth-order valence-corrected chi connectivity index (χ4v) is 2.22. The zero-order valence-electron chi connectivity index (χ0n) is 9.68. The second-order valence-corrected chi connectivity index (χ2v) is 4.05. The molecular formula is C15H13NO. The normalized spacial score (nSPS) is 11.1. The lowest BCUT2D eigenvalue weighted by Crippen LogP contribution is -1.95. The maximum atomic E-state index is 5.22. The molecule has 0 aliphatic heterocycles. The smallest absolute Gasteiger partial charge is 0.0890 e. The predicted octanol–water partition coefficient (Wildman–Crippen LogP) is 3.53. The third kappa shape index (κ3) is 1.67. The highest BCUT2D eigenvalue weighted by Gasteiger charge is 2.06. The van der Waals surface area contributed by atoms with Crippen molar-refractivity contribution in [2.24, 2.45) is 0 Å². The van der Waals surface area contributed by atoms with Gasteiger partial charge in [-0.3, -0.25) is 0 Å². The molecule has 0 N–H and O–H groups in total. The Hall–Kier alpha value is -1.93. The van der Waals surface area contributed by atoms with Crippen LogP contribution in [0.2, 0.25) is 0 Å². The lowest BCUT2D eigenvalue weighted by atomic mass is 10.0. The minimum absolute atomic E-state index is 0.547. The maximum absolute atomic E-state index is 5.22. The standard InChI is InChI=1S/C15H13NO/c1-17-10-15-13-8-3-2-6-11(13)12-7-4-5-9-14(12)16-15/h2-9H,10H2,1H3. The van der Waals surface area contributed by atoms with Crippen LogP contribution < -0.4 is 0 Å². The SMILES string of the molecule is COCc1nc2ccccc2c2ccccc12. The van der Waals surface area contributed by atoms with Gasteiger partial charge in [-0.25, -0.2) is 4.98 Å². The van der Waals surface area contributed by atoms with Gasteiger partial charge >= 0.3 is 0 Å². The van der Waals surface area contributed by atoms with Gasteiger partial charge in [0.05, 0.1) is 17.8 Å². The molecule has 0 spiro atoms. The quantitative estimate of drug-likeness (QED) is 0.620. The highest BCUT2D eigenvalue weighted by Crippen LogP contribution is 2.26. The average Bonchev–Trinajstić information content (AvgIpc) is 2.39. The Labute approximate surface area is 99.9 Å². The molecule has 0 amide bonds. The topological polar surface area (TPSA) is 22.1 Å². The highest BCUT2D eigenvalue weighted by atomic mass is 16.5. The zero-order valence-corrected chi connectivity index (χ0v) is 9.68. The van der Waals surface area contributed by atoms with E-state index in [2.05, 4.69) is 29.2 Å². The molecule has 17 heavy (non-hydrogen) atoms. The van der Waals surface area contributed by atoms with E-state index in [0.717, 1.165) is 11.2 Å². The van der Waals surface area contributed by atoms with Crippen LogP contribution in [0.15, 0.2) is 48.5 Å². The van der Waals surface area contributed by atoms with E-state index < -0.39 is 0 Å². The molecule has 2 aromatic carbocycles. The molecule has 1 heterocycles. The predicted molar refractivity (Wildman–Crippen MR) is 70.0 cm³/mol. The third-order valence-corrected chi connectivity index (χ3v) is 2.97. The van der Waals surface area contributed by atoms with Gasteiger partial charge in [0.2, 0.25) is 0 Å². The number of ether oxygens (including phenoxy) is 1. The highest BCUT2D eigenvalue weighted by molar-refractivity contribution is 6.06. The lowest BCUT2D eigenvalue weighted by molar-refractivity contribution is 0.183. The van der Waals surface area contributed by atoms with Crippen molar-refractivity contribution in [2.45, 2.75) is 6.61 Å². The van der Waals surface area contributed by atoms with Gasteiger partial charge in [0.15, 0.2) is 0 Å². The number of methoxy groups -OCH3 is 1. The van der Waals surface area contributed by atoms with Gasteiger partial charge in [0, 0.05) is 17.9 Å². The van der Waals surface area contributed by atoms with Crippen molar-refractivity contribution in [2.75, 3.05) is 7.11 Å². The number of hydrogen-bond acceptors (Lipinski definition) is 2. The number of hydrogen-bond donors (Lipinski definition) is 0. The molecule has 0 unspecified atom stereocenters. The van der Waals surface area contributed by atoms with Crippen LogP contribution in [0.5, 0.6) is 0 Å². The molecule has 0 aliphatic carbocycles. The van der Waals surface area contributed by atoms with Crippen molar-refractivity contribution >= 4 is 21.7 Å². The van der Waals surface area contributed by atoms with Crippen molar-refractivity contribution in [1.29, 1.82) is 0 Å². The van der Waals surface area contributed by atoms with Crippen LogP contribution in [-0.2, 0) is 11.3 Å². The fraction of sp³-hybridized carbons (Fsp3) is 0.133. The molecule has 2 heteroatoms. The van der Waals surface area contributed by atoms with Crippen LogP contribution in [-0.4, -0.2) is 12.1 Å². The van der Waals surface area contributed by atoms with Crippen LogP contribution in [0.1, 0.15) is 5.69 Å². The van der Waals surface area contributed by atoms with Gasteiger partial charge in [0.25, 0.3) is 0 Å². The first-order valence-electron chi connectivity index (χ1n) is 5.65. The summed E-state index contributed by atoms with van der Waals surface area (Å²) in [5.74, 6) is 0. The molecule has 0 fully saturated rings. The molecule has 0 saturated heterocycles. The largest absolute Gasteiger partial charge is 0.378 e.